The van der Waals surface area contributed by atoms with Gasteiger partial charge >= 0.3 is 0 Å². The first-order valence-electron chi connectivity index (χ1n) is 19.7. The average molecular weight is 779 g/mol. The van der Waals surface area contributed by atoms with Gasteiger partial charge in [0.15, 0.2) is 0 Å². The van der Waals surface area contributed by atoms with Crippen LogP contribution in [-0.2, 0) is 9.84 Å². The van der Waals surface area contributed by atoms with Crippen LogP contribution < -0.4 is 0 Å². The summed E-state index contributed by atoms with van der Waals surface area (Å²) < 4.78 is 37.8. The van der Waals surface area contributed by atoms with Gasteiger partial charge in [-0.3, -0.25) is 18.3 Å². The van der Waals surface area contributed by atoms with Gasteiger partial charge in [0.05, 0.1) is 31.9 Å². The Morgan fingerprint density at radius 3 is 0.831 bits per heavy atom. The summed E-state index contributed by atoms with van der Waals surface area (Å²) in [5, 5.41) is 6.93. The van der Waals surface area contributed by atoms with Crippen molar-refractivity contribution in [1.29, 1.82) is 0 Å². The summed E-state index contributed by atoms with van der Waals surface area (Å²) in [6.45, 7) is 0. The van der Waals surface area contributed by atoms with E-state index >= 15 is 0 Å². The van der Waals surface area contributed by atoms with Crippen LogP contribution in [0.25, 0.3) is 88.4 Å². The van der Waals surface area contributed by atoms with Crippen molar-refractivity contribution >= 4 is 75.5 Å². The minimum absolute atomic E-state index is 0.239. The summed E-state index contributed by atoms with van der Waals surface area (Å²) >= 11 is 0. The van der Waals surface area contributed by atoms with Crippen molar-refractivity contribution in [3.8, 4) is 22.7 Å². The van der Waals surface area contributed by atoms with Gasteiger partial charge in [-0.1, -0.05) is 109 Å². The van der Waals surface area contributed by atoms with Crippen LogP contribution in [0, 0.1) is 0 Å². The van der Waals surface area contributed by atoms with E-state index in [1.165, 1.54) is 10.8 Å². The number of fused-ring (bicyclic) bond motifs is 10. The second-order valence-corrected chi connectivity index (χ2v) is 16.9. The third kappa shape index (κ3) is 4.82. The van der Waals surface area contributed by atoms with Crippen molar-refractivity contribution in [3.05, 3.63) is 206 Å². The lowest BCUT2D eigenvalue weighted by Crippen LogP contribution is -2.05. The molecule has 4 heterocycles. The van der Waals surface area contributed by atoms with Crippen molar-refractivity contribution in [1.82, 2.24) is 18.3 Å². The zero-order valence-electron chi connectivity index (χ0n) is 31.6. The van der Waals surface area contributed by atoms with E-state index in [4.69, 9.17) is 0 Å². The normalized spacial score (nSPS) is 12.2. The Kier molecular flexibility index (Phi) is 7.21. The van der Waals surface area contributed by atoms with Crippen molar-refractivity contribution in [3.63, 3.8) is 0 Å². The van der Waals surface area contributed by atoms with E-state index < -0.39 is 9.84 Å². The van der Waals surface area contributed by atoms with Gasteiger partial charge in [0, 0.05) is 55.1 Å². The maximum Gasteiger partial charge on any atom is 0.206 e. The highest BCUT2D eigenvalue weighted by Gasteiger charge is 2.25. The number of rotatable bonds is 6. The Bertz CT molecular complexity index is 3470. The number of nitrogens with zero attached hydrogens (tertiary/aromatic N) is 4. The molecule has 280 valence electrons. The average Bonchev–Trinajstić information content (AvgIpc) is 4.02. The van der Waals surface area contributed by atoms with Gasteiger partial charge in [0.2, 0.25) is 9.84 Å². The lowest BCUT2D eigenvalue weighted by atomic mass is 10.1. The summed E-state index contributed by atoms with van der Waals surface area (Å²) in [5.74, 6) is 0. The molecule has 0 atom stereocenters. The number of benzene rings is 8. The van der Waals surface area contributed by atoms with Crippen molar-refractivity contribution in [2.45, 2.75) is 9.79 Å². The predicted molar refractivity (Wildman–Crippen MR) is 241 cm³/mol. The van der Waals surface area contributed by atoms with Gasteiger partial charge in [-0.15, -0.1) is 0 Å². The number of aromatic nitrogens is 4. The van der Waals surface area contributed by atoms with Crippen LogP contribution in [0.3, 0.4) is 0 Å². The van der Waals surface area contributed by atoms with Crippen LogP contribution >= 0.6 is 0 Å². The van der Waals surface area contributed by atoms with E-state index in [0.717, 1.165) is 77.7 Å². The van der Waals surface area contributed by atoms with Gasteiger partial charge in [-0.05, 0) is 97.1 Å². The number of sulfone groups is 1. The summed E-state index contributed by atoms with van der Waals surface area (Å²) in [6, 6.07) is 69.3. The topological polar surface area (TPSA) is 53.9 Å². The molecule has 12 aromatic rings. The Morgan fingerprint density at radius 2 is 0.525 bits per heavy atom. The van der Waals surface area contributed by atoms with Crippen LogP contribution in [0.4, 0.5) is 0 Å². The van der Waals surface area contributed by atoms with Crippen molar-refractivity contribution in [2.24, 2.45) is 0 Å². The van der Waals surface area contributed by atoms with Crippen LogP contribution in [0.15, 0.2) is 216 Å². The molecule has 0 aliphatic heterocycles. The number of para-hydroxylation sites is 6. The van der Waals surface area contributed by atoms with E-state index in [0.29, 0.717) is 0 Å². The molecular weight excluding hydrogens is 745 g/mol. The van der Waals surface area contributed by atoms with Crippen LogP contribution in [0.5, 0.6) is 0 Å². The molecule has 0 unspecified atom stereocenters. The highest BCUT2D eigenvalue weighted by molar-refractivity contribution is 7.91. The second-order valence-electron chi connectivity index (χ2n) is 15.0. The smallest absolute Gasteiger partial charge is 0.206 e. The van der Waals surface area contributed by atoms with E-state index in [2.05, 4.69) is 164 Å². The first-order chi connectivity index (χ1) is 29.1. The van der Waals surface area contributed by atoms with Crippen LogP contribution in [0.2, 0.25) is 0 Å². The zero-order chi connectivity index (χ0) is 39.2. The minimum atomic E-state index is -3.85. The molecule has 0 saturated heterocycles. The first kappa shape index (κ1) is 33.5. The lowest BCUT2D eigenvalue weighted by Gasteiger charge is -2.14. The molecule has 4 aromatic heterocycles. The molecule has 7 heteroatoms. The Hall–Kier alpha value is -7.61. The maximum atomic E-state index is 14.4. The quantitative estimate of drug-likeness (QED) is 0.169. The number of hydrogen-bond donors (Lipinski definition) is 0. The zero-order valence-corrected chi connectivity index (χ0v) is 32.5. The van der Waals surface area contributed by atoms with Gasteiger partial charge in [-0.2, -0.15) is 0 Å². The third-order valence-electron chi connectivity index (χ3n) is 11.8. The predicted octanol–water partition coefficient (Wildman–Crippen LogP) is 12.6. The molecule has 0 aliphatic rings. The molecule has 12 rings (SSSR count). The van der Waals surface area contributed by atoms with Gasteiger partial charge < -0.3 is 0 Å². The van der Waals surface area contributed by atoms with Gasteiger partial charge in [-0.25, -0.2) is 8.42 Å². The first-order valence-corrected chi connectivity index (χ1v) is 21.2. The van der Waals surface area contributed by atoms with E-state index in [1.54, 1.807) is 24.3 Å². The summed E-state index contributed by atoms with van der Waals surface area (Å²) in [6.07, 6.45) is 0. The Morgan fingerprint density at radius 1 is 0.271 bits per heavy atom. The minimum Gasteiger partial charge on any atom is -0.295 e. The van der Waals surface area contributed by atoms with Crippen LogP contribution in [-0.4, -0.2) is 26.7 Å². The molecule has 0 saturated carbocycles. The lowest BCUT2D eigenvalue weighted by molar-refractivity contribution is 0.596. The fourth-order valence-electron chi connectivity index (χ4n) is 9.28. The van der Waals surface area contributed by atoms with Gasteiger partial charge in [0.1, 0.15) is 11.3 Å². The summed E-state index contributed by atoms with van der Waals surface area (Å²) in [5.41, 5.74) is 10.3. The molecule has 8 aromatic carbocycles. The highest BCUT2D eigenvalue weighted by Crippen LogP contribution is 2.42. The molecular formula is C52H34N4O2S. The highest BCUT2D eigenvalue weighted by atomic mass is 32.2. The maximum absolute atomic E-state index is 14.4. The van der Waals surface area contributed by atoms with Crippen molar-refractivity contribution in [2.75, 3.05) is 0 Å². The molecule has 0 bridgehead atoms. The van der Waals surface area contributed by atoms with Crippen LogP contribution in [0.1, 0.15) is 0 Å². The molecule has 0 amide bonds. The molecule has 0 radical (unpaired) electrons. The van der Waals surface area contributed by atoms with Crippen molar-refractivity contribution < 1.29 is 8.42 Å². The summed E-state index contributed by atoms with van der Waals surface area (Å²) in [7, 11) is -3.85. The SMILES string of the molecule is O=S(=O)(c1ccc(-n2c3ccccc3c3c4ccccc4n(-c4ccccc4)c32)cc1)c1ccc(-n2c3ccccc3c3c4ccccc4n(-c4ccccc4)c32)cc1. The van der Waals surface area contributed by atoms with E-state index in [9.17, 15) is 8.42 Å². The Balaban J connectivity index is 0.983. The van der Waals surface area contributed by atoms with E-state index in [1.807, 2.05) is 36.4 Å². The molecule has 0 N–H and O–H groups in total. The third-order valence-corrected chi connectivity index (χ3v) is 13.6. The monoisotopic (exact) mass is 778 g/mol. The fraction of sp³-hybridized carbons (Fsp3) is 0. The Labute approximate surface area is 339 Å². The largest absolute Gasteiger partial charge is 0.295 e. The molecule has 0 aliphatic carbocycles. The summed E-state index contributed by atoms with van der Waals surface area (Å²) in [4.78, 5) is 0.478. The van der Waals surface area contributed by atoms with E-state index in [-0.39, 0.29) is 9.79 Å². The fourth-order valence-corrected chi connectivity index (χ4v) is 10.5. The molecule has 0 spiro atoms. The molecule has 6 nitrogen and oxygen atoms in total. The number of hydrogen-bond acceptors (Lipinski definition) is 2. The molecule has 59 heavy (non-hydrogen) atoms. The second kappa shape index (κ2) is 12.7. The van der Waals surface area contributed by atoms with Gasteiger partial charge in [0.25, 0.3) is 0 Å². The standard InChI is InChI=1S/C52H34N4O2S/c57-59(58,39-31-27-37(28-32-39)55-47-25-13-9-21-43(47)49-41-19-7-11-23-45(41)53(51(49)55)35-15-3-1-4-16-35)40-33-29-38(30-34-40)56-48-26-14-10-22-44(48)50-42-20-8-12-24-46(42)54(52(50)56)36-17-5-2-6-18-36/h1-34H. The molecule has 0 fully saturated rings.